The third-order valence-corrected chi connectivity index (χ3v) is 6.12. The lowest BCUT2D eigenvalue weighted by atomic mass is 10.1. The maximum Gasteiger partial charge on any atom is 0.435 e. The van der Waals surface area contributed by atoms with E-state index >= 15 is 4.39 Å². The Labute approximate surface area is 236 Å². The normalized spacial score (nSPS) is 12.9. The predicted molar refractivity (Wildman–Crippen MR) is 143 cm³/mol. The lowest BCUT2D eigenvalue weighted by Gasteiger charge is -2.17. The number of aromatic nitrogens is 5. The van der Waals surface area contributed by atoms with Gasteiger partial charge in [-0.1, -0.05) is 0 Å². The molecule has 0 fully saturated rings. The van der Waals surface area contributed by atoms with Gasteiger partial charge >= 0.3 is 6.18 Å². The fourth-order valence-electron chi connectivity index (χ4n) is 4.18. The Morgan fingerprint density at radius 1 is 1.21 bits per heavy atom. The van der Waals surface area contributed by atoms with Crippen LogP contribution in [0.25, 0.3) is 16.9 Å². The number of nitrogens with two attached hydrogens (primary N) is 1. The molecule has 2 amide bonds. The Balaban J connectivity index is 1.59. The van der Waals surface area contributed by atoms with E-state index in [0.717, 1.165) is 16.9 Å². The molecule has 0 saturated heterocycles. The molecule has 220 valence electrons. The molecule has 4 rings (SSSR count). The zero-order valence-electron chi connectivity index (χ0n) is 22.6. The van der Waals surface area contributed by atoms with Gasteiger partial charge in [-0.2, -0.15) is 23.5 Å². The third kappa shape index (κ3) is 6.31. The summed E-state index contributed by atoms with van der Waals surface area (Å²) in [6, 6.07) is 3.10. The van der Waals surface area contributed by atoms with Gasteiger partial charge in [-0.3, -0.25) is 18.7 Å². The smallest absolute Gasteiger partial charge is 0.353 e. The van der Waals surface area contributed by atoms with Crippen molar-refractivity contribution in [3.63, 3.8) is 0 Å². The number of rotatable bonds is 9. The Morgan fingerprint density at radius 2 is 1.95 bits per heavy atom. The summed E-state index contributed by atoms with van der Waals surface area (Å²) in [6.07, 6.45) is 0.263. The van der Waals surface area contributed by atoms with Gasteiger partial charge in [0.05, 0.1) is 35.1 Å². The van der Waals surface area contributed by atoms with Crippen molar-refractivity contribution in [2.45, 2.75) is 45.6 Å². The van der Waals surface area contributed by atoms with E-state index in [0.29, 0.717) is 0 Å². The summed E-state index contributed by atoms with van der Waals surface area (Å²) < 4.78 is 58.5. The summed E-state index contributed by atoms with van der Waals surface area (Å²) in [6.45, 7) is 4.41. The van der Waals surface area contributed by atoms with Gasteiger partial charge in [0.2, 0.25) is 5.91 Å². The van der Waals surface area contributed by atoms with Gasteiger partial charge in [-0.25, -0.2) is 14.4 Å². The second-order valence-corrected chi connectivity index (χ2v) is 9.54. The molecule has 5 N–H and O–H groups in total. The van der Waals surface area contributed by atoms with E-state index in [-0.39, 0.29) is 52.6 Å². The van der Waals surface area contributed by atoms with Crippen LogP contribution in [0.3, 0.4) is 0 Å². The molecule has 0 spiro atoms. The third-order valence-electron chi connectivity index (χ3n) is 6.12. The quantitative estimate of drug-likeness (QED) is 0.217. The maximum absolute atomic E-state index is 15.1. The van der Waals surface area contributed by atoms with Gasteiger partial charge in [0, 0.05) is 36.9 Å². The molecule has 3 aromatic heterocycles. The molecule has 2 atom stereocenters. The highest BCUT2D eigenvalue weighted by Crippen LogP contribution is 2.37. The number of nitriles is 1. The molecule has 0 aliphatic carbocycles. The van der Waals surface area contributed by atoms with Gasteiger partial charge in [-0.15, -0.1) is 0 Å². The number of amides is 2. The Hall–Kier alpha value is -5.04. The van der Waals surface area contributed by atoms with E-state index in [2.05, 4.69) is 31.0 Å². The number of hydrogen-bond donors (Lipinski definition) is 4. The second-order valence-electron chi connectivity index (χ2n) is 9.54. The zero-order chi connectivity index (χ0) is 30.8. The molecule has 0 aliphatic rings. The van der Waals surface area contributed by atoms with Crippen LogP contribution in [0.4, 0.5) is 29.1 Å². The molecule has 1 aromatic carbocycles. The SMILES string of the molecule is Cc1cc(Nc2nccn3c(-c4cn(CC#N)nc4C(F)(F)F)cnc23)cc(F)c1C(=O)N[C@H](C)CNC(=O)[C@H](C)N. The second kappa shape index (κ2) is 11.8. The summed E-state index contributed by atoms with van der Waals surface area (Å²) in [5.41, 5.74) is 4.52. The van der Waals surface area contributed by atoms with E-state index < -0.39 is 41.6 Å². The number of aryl methyl sites for hydroxylation is 1. The number of hydrogen-bond acceptors (Lipinski definition) is 8. The number of alkyl halides is 3. The van der Waals surface area contributed by atoms with Crippen molar-refractivity contribution in [3.05, 3.63) is 59.6 Å². The van der Waals surface area contributed by atoms with Crippen LogP contribution in [0.2, 0.25) is 0 Å². The van der Waals surface area contributed by atoms with Crippen LogP contribution >= 0.6 is 0 Å². The number of benzene rings is 1. The Kier molecular flexibility index (Phi) is 8.43. The van der Waals surface area contributed by atoms with Gasteiger partial charge in [0.15, 0.2) is 17.2 Å². The lowest BCUT2D eigenvalue weighted by Crippen LogP contribution is -2.46. The van der Waals surface area contributed by atoms with Crippen molar-refractivity contribution in [1.82, 2.24) is 34.8 Å². The van der Waals surface area contributed by atoms with Gasteiger partial charge in [0.25, 0.3) is 5.91 Å². The zero-order valence-corrected chi connectivity index (χ0v) is 22.6. The first kappa shape index (κ1) is 29.9. The Bertz CT molecular complexity index is 1660. The van der Waals surface area contributed by atoms with Crippen molar-refractivity contribution in [1.29, 1.82) is 5.26 Å². The van der Waals surface area contributed by atoms with Crippen LogP contribution in [-0.4, -0.2) is 54.6 Å². The van der Waals surface area contributed by atoms with Crippen molar-refractivity contribution in [3.8, 4) is 17.3 Å². The van der Waals surface area contributed by atoms with Crippen LogP contribution in [0.15, 0.2) is 36.9 Å². The maximum atomic E-state index is 15.1. The van der Waals surface area contributed by atoms with Crippen molar-refractivity contribution in [2.24, 2.45) is 5.73 Å². The van der Waals surface area contributed by atoms with E-state index in [4.69, 9.17) is 11.0 Å². The molecule has 0 saturated carbocycles. The van der Waals surface area contributed by atoms with E-state index in [1.54, 1.807) is 13.0 Å². The molecule has 12 nitrogen and oxygen atoms in total. The van der Waals surface area contributed by atoms with Gasteiger partial charge < -0.3 is 21.7 Å². The van der Waals surface area contributed by atoms with E-state index in [1.807, 2.05) is 0 Å². The number of fused-ring (bicyclic) bond motifs is 1. The minimum Gasteiger partial charge on any atom is -0.353 e. The highest BCUT2D eigenvalue weighted by Gasteiger charge is 2.38. The monoisotopic (exact) mass is 586 g/mol. The van der Waals surface area contributed by atoms with E-state index in [1.165, 1.54) is 42.9 Å². The minimum atomic E-state index is -4.79. The number of carbonyl (C=O) groups is 2. The van der Waals surface area contributed by atoms with Crippen molar-refractivity contribution in [2.75, 3.05) is 11.9 Å². The molecule has 0 unspecified atom stereocenters. The number of nitrogens with zero attached hydrogens (tertiary/aromatic N) is 6. The van der Waals surface area contributed by atoms with Gasteiger partial charge in [0.1, 0.15) is 12.4 Å². The summed E-state index contributed by atoms with van der Waals surface area (Å²) in [5.74, 6) is -1.81. The highest BCUT2D eigenvalue weighted by molar-refractivity contribution is 5.96. The molecule has 3 heterocycles. The topological polar surface area (TPSA) is 168 Å². The molecule has 4 aromatic rings. The molecule has 0 bridgehead atoms. The first-order valence-electron chi connectivity index (χ1n) is 12.6. The summed E-state index contributed by atoms with van der Waals surface area (Å²) in [7, 11) is 0. The number of halogens is 4. The standard InChI is InChI=1S/C26H26F4N10O2/c1-13-8-16(9-18(27)20(13)25(42)36-14(2)10-35-24(41)15(3)32)37-22-23-34-11-19(40(23)7-5-33-22)17-12-39(6-4-31)38-21(17)26(28,29)30/h5,7-9,11-12,14-15H,6,10,32H2,1-3H3,(H,33,37)(H,35,41)(H,36,42)/t14-,15+/m1/s1. The van der Waals surface area contributed by atoms with E-state index in [9.17, 15) is 22.8 Å². The minimum absolute atomic E-state index is 0.0487. The molecule has 0 aliphatic heterocycles. The fraction of sp³-hybridized carbons (Fsp3) is 0.308. The number of nitrogens with one attached hydrogen (secondary N) is 3. The number of anilines is 2. The predicted octanol–water partition coefficient (Wildman–Crippen LogP) is 2.91. The summed E-state index contributed by atoms with van der Waals surface area (Å²) >= 11 is 0. The van der Waals surface area contributed by atoms with Crippen molar-refractivity contribution >= 4 is 29.0 Å². The van der Waals surface area contributed by atoms with Gasteiger partial charge in [-0.05, 0) is 38.5 Å². The first-order chi connectivity index (χ1) is 19.8. The molecule has 16 heteroatoms. The Morgan fingerprint density at radius 3 is 2.60 bits per heavy atom. The molecular formula is C26H26F4N10O2. The average Bonchev–Trinajstić information content (AvgIpc) is 3.52. The fourth-order valence-corrected chi connectivity index (χ4v) is 4.18. The first-order valence-corrected chi connectivity index (χ1v) is 12.6. The van der Waals surface area contributed by atoms with Crippen LogP contribution in [0, 0.1) is 24.1 Å². The highest BCUT2D eigenvalue weighted by atomic mass is 19.4. The lowest BCUT2D eigenvalue weighted by molar-refractivity contribution is -0.141. The van der Waals surface area contributed by atoms with Crippen LogP contribution in [0.1, 0.15) is 35.5 Å². The number of imidazole rings is 1. The van der Waals surface area contributed by atoms with Crippen molar-refractivity contribution < 1.29 is 27.2 Å². The molecule has 0 radical (unpaired) electrons. The summed E-state index contributed by atoms with van der Waals surface area (Å²) in [5, 5.41) is 20.5. The number of carbonyl (C=O) groups excluding carboxylic acids is 2. The van der Waals surface area contributed by atoms with Crippen LogP contribution in [0.5, 0.6) is 0 Å². The largest absolute Gasteiger partial charge is 0.435 e. The molecule has 42 heavy (non-hydrogen) atoms. The molecular weight excluding hydrogens is 560 g/mol. The van der Waals surface area contributed by atoms with Crippen LogP contribution < -0.4 is 21.7 Å². The summed E-state index contributed by atoms with van der Waals surface area (Å²) in [4.78, 5) is 32.8. The van der Waals surface area contributed by atoms with Crippen LogP contribution in [-0.2, 0) is 17.5 Å². The average molecular weight is 587 g/mol.